The van der Waals surface area contributed by atoms with Crippen LogP contribution < -0.4 is 37.6 Å². The van der Waals surface area contributed by atoms with Crippen molar-refractivity contribution in [3.63, 3.8) is 0 Å². The van der Waals surface area contributed by atoms with Gasteiger partial charge in [-0.25, -0.2) is 0 Å². The highest BCUT2D eigenvalue weighted by Crippen LogP contribution is 2.39. The predicted octanol–water partition coefficient (Wildman–Crippen LogP) is 8.34. The van der Waals surface area contributed by atoms with Crippen molar-refractivity contribution in [3.8, 4) is 0 Å². The standard InChI is InChI=1S/C22H47N7O3.C15H32O2.5C2H6/c1-24-15-9-6-12-17(25-2)21(31)28-16-10-7-13-19(20(30)27-4)29-22(32)18(26-3)11-5-8-14-23;1-12(2)11-13(3,4)15(7,8)17-10-9-14(5,6)16;5*1-2/h17-19,24-26H,5-16,23H2,1-4H3,(H,27,30)(H,28,31)(H,29,32);12,16H,9-11H2,1-8H3;5*1-2H3. The minimum Gasteiger partial charge on any atom is -0.390 e. The van der Waals surface area contributed by atoms with Gasteiger partial charge in [-0.15, -0.1) is 0 Å². The predicted molar refractivity (Wildman–Crippen MR) is 260 cm³/mol. The average molecular weight is 852 g/mol. The molecule has 0 aromatic heterocycles. The molecule has 3 amide bonds. The zero-order valence-corrected chi connectivity index (χ0v) is 43.6. The van der Waals surface area contributed by atoms with Crippen molar-refractivity contribution in [2.75, 3.05) is 54.4 Å². The number of aliphatic hydroxyl groups is 1. The second-order valence-electron chi connectivity index (χ2n) is 15.4. The maximum absolute atomic E-state index is 12.6. The molecular formula is C47H109N7O5. The molecule has 3 atom stereocenters. The van der Waals surface area contributed by atoms with Crippen molar-refractivity contribution in [1.82, 2.24) is 31.9 Å². The summed E-state index contributed by atoms with van der Waals surface area (Å²) >= 11 is 0. The topological polar surface area (TPSA) is 179 Å². The van der Waals surface area contributed by atoms with Gasteiger partial charge < -0.3 is 47.5 Å². The van der Waals surface area contributed by atoms with Crippen LogP contribution in [0, 0.1) is 11.3 Å². The number of ether oxygens (including phenoxy) is 1. The summed E-state index contributed by atoms with van der Waals surface area (Å²) in [6, 6.07) is -1.13. The van der Waals surface area contributed by atoms with E-state index >= 15 is 0 Å². The Morgan fingerprint density at radius 2 is 1.03 bits per heavy atom. The number of hydrogen-bond donors (Lipinski definition) is 8. The van der Waals surface area contributed by atoms with Crippen LogP contribution in [0.4, 0.5) is 0 Å². The number of nitrogens with one attached hydrogen (secondary N) is 6. The molecule has 12 heteroatoms. The van der Waals surface area contributed by atoms with Crippen molar-refractivity contribution in [3.05, 3.63) is 0 Å². The van der Waals surface area contributed by atoms with Crippen LogP contribution in [0.15, 0.2) is 0 Å². The number of carbonyl (C=O) groups excluding carboxylic acids is 3. The molecule has 0 saturated heterocycles. The third-order valence-corrected chi connectivity index (χ3v) is 9.27. The zero-order valence-electron chi connectivity index (χ0n) is 43.6. The molecule has 59 heavy (non-hydrogen) atoms. The summed E-state index contributed by atoms with van der Waals surface area (Å²) in [4.78, 5) is 37.1. The van der Waals surface area contributed by atoms with Crippen LogP contribution in [0.1, 0.15) is 195 Å². The first-order valence-electron chi connectivity index (χ1n) is 23.7. The van der Waals surface area contributed by atoms with E-state index in [1.165, 1.54) is 0 Å². The van der Waals surface area contributed by atoms with Gasteiger partial charge in [-0.05, 0) is 131 Å². The molecule has 0 heterocycles. The number of carbonyl (C=O) groups is 3. The number of likely N-dealkylation sites (N-methyl/N-ethyl adjacent to an activating group) is 3. The molecular weight excluding hydrogens is 743 g/mol. The van der Waals surface area contributed by atoms with E-state index in [1.54, 1.807) is 21.1 Å². The normalized spacial score (nSPS) is 12.2. The maximum Gasteiger partial charge on any atom is 0.242 e. The minimum atomic E-state index is -0.641. The fourth-order valence-corrected chi connectivity index (χ4v) is 5.50. The van der Waals surface area contributed by atoms with Gasteiger partial charge in [0, 0.05) is 13.6 Å². The molecule has 0 aliphatic rings. The monoisotopic (exact) mass is 852 g/mol. The summed E-state index contributed by atoms with van der Waals surface area (Å²) in [6.07, 6.45) is 8.98. The summed E-state index contributed by atoms with van der Waals surface area (Å²) in [5, 5.41) is 27.3. The van der Waals surface area contributed by atoms with Crippen molar-refractivity contribution in [2.45, 2.75) is 225 Å². The molecule has 12 nitrogen and oxygen atoms in total. The molecule has 0 aromatic rings. The van der Waals surface area contributed by atoms with Gasteiger partial charge >= 0.3 is 0 Å². The molecule has 0 radical (unpaired) electrons. The fraction of sp³-hybridized carbons (Fsp3) is 0.936. The molecule has 0 aliphatic heterocycles. The lowest BCUT2D eigenvalue weighted by Gasteiger charge is -2.43. The number of hydrogen-bond acceptors (Lipinski definition) is 9. The highest BCUT2D eigenvalue weighted by Gasteiger charge is 2.38. The third-order valence-electron chi connectivity index (χ3n) is 9.27. The Balaban J connectivity index is -0.000000168. The first-order chi connectivity index (χ1) is 27.8. The van der Waals surface area contributed by atoms with Crippen molar-refractivity contribution in [1.29, 1.82) is 0 Å². The van der Waals surface area contributed by atoms with Gasteiger partial charge in [0.15, 0.2) is 0 Å². The lowest BCUT2D eigenvalue weighted by atomic mass is 9.72. The van der Waals surface area contributed by atoms with Gasteiger partial charge in [0.05, 0.1) is 29.9 Å². The number of amides is 3. The van der Waals surface area contributed by atoms with E-state index in [-0.39, 0.29) is 40.8 Å². The second kappa shape index (κ2) is 48.8. The number of nitrogens with two attached hydrogens (primary N) is 1. The fourth-order valence-electron chi connectivity index (χ4n) is 5.50. The lowest BCUT2D eigenvalue weighted by Crippen LogP contribution is -2.51. The van der Waals surface area contributed by atoms with E-state index < -0.39 is 11.6 Å². The van der Waals surface area contributed by atoms with E-state index in [9.17, 15) is 19.5 Å². The van der Waals surface area contributed by atoms with Gasteiger partial charge in [0.2, 0.25) is 17.7 Å². The van der Waals surface area contributed by atoms with Crippen LogP contribution in [-0.4, -0.2) is 107 Å². The molecule has 0 fully saturated rings. The molecule has 3 unspecified atom stereocenters. The van der Waals surface area contributed by atoms with E-state index in [4.69, 9.17) is 10.5 Å². The van der Waals surface area contributed by atoms with E-state index in [0.717, 1.165) is 51.5 Å². The van der Waals surface area contributed by atoms with Crippen molar-refractivity contribution < 1.29 is 24.2 Å². The Kier molecular flexibility index (Phi) is 59.3. The molecule has 0 spiro atoms. The van der Waals surface area contributed by atoms with Gasteiger partial charge in [-0.3, -0.25) is 14.4 Å². The minimum absolute atomic E-state index is 0.00227. The number of rotatable bonds is 27. The van der Waals surface area contributed by atoms with Crippen LogP contribution >= 0.6 is 0 Å². The van der Waals surface area contributed by atoms with Crippen LogP contribution in [0.2, 0.25) is 0 Å². The summed E-state index contributed by atoms with van der Waals surface area (Å²) in [5.41, 5.74) is 4.85. The van der Waals surface area contributed by atoms with E-state index in [0.29, 0.717) is 51.3 Å². The van der Waals surface area contributed by atoms with Crippen LogP contribution in [0.5, 0.6) is 0 Å². The van der Waals surface area contributed by atoms with Crippen LogP contribution in [0.25, 0.3) is 0 Å². The summed E-state index contributed by atoms with van der Waals surface area (Å²) in [7, 11) is 7.02. The quantitative estimate of drug-likeness (QED) is 0.0377. The molecule has 0 aliphatic carbocycles. The van der Waals surface area contributed by atoms with Gasteiger partial charge in [-0.2, -0.15) is 0 Å². The zero-order chi connectivity index (χ0) is 48.1. The Morgan fingerprint density at radius 3 is 1.42 bits per heavy atom. The summed E-state index contributed by atoms with van der Waals surface area (Å²) in [5.74, 6) is 0.280. The Labute approximate surface area is 369 Å². The first-order valence-corrected chi connectivity index (χ1v) is 23.7. The van der Waals surface area contributed by atoms with E-state index in [2.05, 4.69) is 73.4 Å². The third kappa shape index (κ3) is 44.0. The van der Waals surface area contributed by atoms with Crippen molar-refractivity contribution >= 4 is 17.7 Å². The van der Waals surface area contributed by atoms with Gasteiger partial charge in [-0.1, -0.05) is 110 Å². The Bertz CT molecular complexity index is 881. The Morgan fingerprint density at radius 1 is 0.610 bits per heavy atom. The smallest absolute Gasteiger partial charge is 0.242 e. The molecule has 0 bridgehead atoms. The molecule has 9 N–H and O–H groups in total. The highest BCUT2D eigenvalue weighted by molar-refractivity contribution is 5.89. The summed E-state index contributed by atoms with van der Waals surface area (Å²) < 4.78 is 6.01. The Hall–Kier alpha value is -1.83. The molecule has 0 saturated carbocycles. The second-order valence-corrected chi connectivity index (χ2v) is 15.4. The van der Waals surface area contributed by atoms with Gasteiger partial charge in [0.25, 0.3) is 0 Å². The summed E-state index contributed by atoms with van der Waals surface area (Å²) in [6.45, 7) is 39.7. The number of unbranched alkanes of at least 4 members (excludes halogenated alkanes) is 3. The molecule has 362 valence electrons. The van der Waals surface area contributed by atoms with Crippen LogP contribution in [0.3, 0.4) is 0 Å². The average Bonchev–Trinajstić information content (AvgIpc) is 3.21. The highest BCUT2D eigenvalue weighted by atomic mass is 16.5. The van der Waals surface area contributed by atoms with E-state index in [1.807, 2.05) is 90.1 Å². The lowest BCUT2D eigenvalue weighted by molar-refractivity contribution is -0.130. The molecule has 0 aromatic carbocycles. The van der Waals surface area contributed by atoms with Crippen molar-refractivity contribution in [2.24, 2.45) is 17.1 Å². The molecule has 0 rings (SSSR count). The first kappa shape index (κ1) is 71.7. The maximum atomic E-state index is 12.6. The SMILES string of the molecule is CC.CC.CC.CC.CC.CC(C)CC(C)(C)C(C)(C)OCCC(C)(C)O.CNCCCCC(NC)C(=O)NCCCCC(NC(=O)C(CCCCN)NC)C(=O)NC. The van der Waals surface area contributed by atoms with Crippen LogP contribution in [-0.2, 0) is 19.1 Å². The largest absolute Gasteiger partial charge is 0.390 e. The van der Waals surface area contributed by atoms with Gasteiger partial charge in [0.1, 0.15) is 6.04 Å².